The van der Waals surface area contributed by atoms with Crippen LogP contribution in [-0.2, 0) is 11.8 Å². The molecule has 3 aromatic heterocycles. The summed E-state index contributed by atoms with van der Waals surface area (Å²) in [5.41, 5.74) is -1.22. The van der Waals surface area contributed by atoms with E-state index >= 15 is 4.39 Å². The fourth-order valence-corrected chi connectivity index (χ4v) is 3.21. The van der Waals surface area contributed by atoms with Gasteiger partial charge in [0.2, 0.25) is 0 Å². The molecular weight excluding hydrogens is 422 g/mol. The highest BCUT2D eigenvalue weighted by molar-refractivity contribution is 5.95. The van der Waals surface area contributed by atoms with E-state index in [1.165, 1.54) is 42.5 Å². The molecule has 0 saturated heterocycles. The second-order valence-electron chi connectivity index (χ2n) is 6.90. The van der Waals surface area contributed by atoms with Crippen molar-refractivity contribution in [2.75, 3.05) is 20.3 Å². The Labute approximate surface area is 180 Å². The lowest BCUT2D eigenvalue weighted by molar-refractivity contribution is 0.0935. The van der Waals surface area contributed by atoms with Gasteiger partial charge in [-0.3, -0.25) is 19.3 Å². The fourth-order valence-electron chi connectivity index (χ4n) is 3.21. The maximum absolute atomic E-state index is 15.3. The summed E-state index contributed by atoms with van der Waals surface area (Å²) < 4.78 is 37.2. The van der Waals surface area contributed by atoms with Crippen molar-refractivity contribution in [1.29, 1.82) is 0 Å². The molecule has 11 heteroatoms. The second kappa shape index (κ2) is 8.63. The van der Waals surface area contributed by atoms with Crippen LogP contribution < -0.4 is 10.9 Å². The van der Waals surface area contributed by atoms with Gasteiger partial charge in [0.15, 0.2) is 0 Å². The number of aromatic nitrogens is 5. The highest BCUT2D eigenvalue weighted by Gasteiger charge is 2.21. The monoisotopic (exact) mass is 440 g/mol. The van der Waals surface area contributed by atoms with Gasteiger partial charge in [0.1, 0.15) is 28.4 Å². The maximum atomic E-state index is 15.3. The summed E-state index contributed by atoms with van der Waals surface area (Å²) in [7, 11) is 3.11. The van der Waals surface area contributed by atoms with Crippen LogP contribution in [0.2, 0.25) is 0 Å². The molecule has 0 radical (unpaired) electrons. The summed E-state index contributed by atoms with van der Waals surface area (Å²) in [4.78, 5) is 29.5. The van der Waals surface area contributed by atoms with Gasteiger partial charge >= 0.3 is 0 Å². The third kappa shape index (κ3) is 3.85. The number of methoxy groups -OCH3 is 1. The summed E-state index contributed by atoms with van der Waals surface area (Å²) in [6, 6.07) is 4.95. The Hall–Kier alpha value is -3.99. The van der Waals surface area contributed by atoms with Crippen LogP contribution in [0.25, 0.3) is 27.8 Å². The first kappa shape index (κ1) is 21.2. The van der Waals surface area contributed by atoms with Crippen molar-refractivity contribution >= 4 is 16.8 Å². The SMILES string of the molecule is COCCNC(=O)c1cc(-c2cc(F)c3ncccc3c2F)nn(-c2cnn(C)c2)c1=O. The minimum absolute atomic E-state index is 0.0467. The summed E-state index contributed by atoms with van der Waals surface area (Å²) in [6.07, 6.45) is 4.23. The maximum Gasteiger partial charge on any atom is 0.284 e. The van der Waals surface area contributed by atoms with Crippen molar-refractivity contribution < 1.29 is 18.3 Å². The number of halogens is 2. The third-order valence-electron chi connectivity index (χ3n) is 4.74. The number of pyridine rings is 1. The molecule has 9 nitrogen and oxygen atoms in total. The predicted octanol–water partition coefficient (Wildman–Crippen LogP) is 1.84. The number of carbonyl (C=O) groups is 1. The molecule has 1 amide bonds. The van der Waals surface area contributed by atoms with Crippen LogP contribution in [0.3, 0.4) is 0 Å². The molecule has 0 spiro atoms. The lowest BCUT2D eigenvalue weighted by atomic mass is 10.0. The topological polar surface area (TPSA) is 104 Å². The van der Waals surface area contributed by atoms with E-state index in [0.717, 1.165) is 16.8 Å². The van der Waals surface area contributed by atoms with Crippen LogP contribution in [0.5, 0.6) is 0 Å². The first-order chi connectivity index (χ1) is 15.4. The van der Waals surface area contributed by atoms with Gasteiger partial charge in [-0.05, 0) is 24.3 Å². The minimum Gasteiger partial charge on any atom is -0.383 e. The zero-order chi connectivity index (χ0) is 22.8. The first-order valence-corrected chi connectivity index (χ1v) is 9.54. The van der Waals surface area contributed by atoms with Crippen molar-refractivity contribution in [3.8, 4) is 16.9 Å². The number of benzene rings is 1. The molecule has 164 valence electrons. The smallest absolute Gasteiger partial charge is 0.284 e. The standard InChI is InChI=1S/C21H18F2N6O3/c1-28-11-12(10-26-28)29-21(31)15(20(30)25-6-7-32-2)9-17(27-29)14-8-16(22)19-13(18(14)23)4-3-5-24-19/h3-5,8-11H,6-7H2,1-2H3,(H,25,30). The molecular formula is C21H18F2N6O3. The molecule has 4 aromatic rings. The zero-order valence-corrected chi connectivity index (χ0v) is 17.2. The van der Waals surface area contributed by atoms with E-state index in [4.69, 9.17) is 4.74 Å². The van der Waals surface area contributed by atoms with Gasteiger partial charge in [-0.25, -0.2) is 8.78 Å². The Morgan fingerprint density at radius 2 is 2.09 bits per heavy atom. The number of carbonyl (C=O) groups excluding carboxylic acids is 1. The number of aryl methyl sites for hydroxylation is 1. The van der Waals surface area contributed by atoms with E-state index in [1.54, 1.807) is 7.05 Å². The lowest BCUT2D eigenvalue weighted by Crippen LogP contribution is -2.35. The molecule has 0 bridgehead atoms. The van der Waals surface area contributed by atoms with Crippen molar-refractivity contribution in [2.45, 2.75) is 0 Å². The molecule has 0 saturated carbocycles. The minimum atomic E-state index is -0.774. The molecule has 0 aliphatic carbocycles. The zero-order valence-electron chi connectivity index (χ0n) is 17.2. The van der Waals surface area contributed by atoms with Gasteiger partial charge in [-0.1, -0.05) is 0 Å². The number of nitrogens with zero attached hydrogens (tertiary/aromatic N) is 5. The highest BCUT2D eigenvalue weighted by Crippen LogP contribution is 2.29. The summed E-state index contributed by atoms with van der Waals surface area (Å²) in [6.45, 7) is 0.391. The molecule has 0 atom stereocenters. The van der Waals surface area contributed by atoms with Crippen molar-refractivity contribution in [2.24, 2.45) is 7.05 Å². The van der Waals surface area contributed by atoms with Crippen LogP contribution >= 0.6 is 0 Å². The van der Waals surface area contributed by atoms with Gasteiger partial charge < -0.3 is 10.1 Å². The summed E-state index contributed by atoms with van der Waals surface area (Å²) in [5.74, 6) is -2.23. The van der Waals surface area contributed by atoms with Gasteiger partial charge in [-0.2, -0.15) is 14.9 Å². The number of nitrogens with one attached hydrogen (secondary N) is 1. The Kier molecular flexibility index (Phi) is 5.73. The van der Waals surface area contributed by atoms with E-state index in [1.807, 2.05) is 0 Å². The lowest BCUT2D eigenvalue weighted by Gasteiger charge is -2.12. The van der Waals surface area contributed by atoms with E-state index in [-0.39, 0.29) is 46.6 Å². The quantitative estimate of drug-likeness (QED) is 0.459. The number of hydrogen-bond acceptors (Lipinski definition) is 6. The van der Waals surface area contributed by atoms with E-state index in [2.05, 4.69) is 20.5 Å². The second-order valence-corrected chi connectivity index (χ2v) is 6.90. The molecule has 1 aromatic carbocycles. The number of amides is 1. The van der Waals surface area contributed by atoms with Gasteiger partial charge in [0.25, 0.3) is 11.5 Å². The summed E-state index contributed by atoms with van der Waals surface area (Å²) in [5, 5.41) is 10.7. The molecule has 0 aliphatic rings. The van der Waals surface area contributed by atoms with Crippen LogP contribution in [0.4, 0.5) is 8.78 Å². The van der Waals surface area contributed by atoms with Crippen molar-refractivity contribution in [3.63, 3.8) is 0 Å². The Morgan fingerprint density at radius 3 is 2.81 bits per heavy atom. The van der Waals surface area contributed by atoms with Crippen LogP contribution in [0.15, 0.2) is 47.7 Å². The van der Waals surface area contributed by atoms with E-state index in [0.29, 0.717) is 0 Å². The number of ether oxygens (including phenoxy) is 1. The fraction of sp³-hybridized carbons (Fsp3) is 0.190. The largest absolute Gasteiger partial charge is 0.383 e. The van der Waals surface area contributed by atoms with Crippen LogP contribution in [-0.4, -0.2) is 50.7 Å². The molecule has 32 heavy (non-hydrogen) atoms. The first-order valence-electron chi connectivity index (χ1n) is 9.54. The van der Waals surface area contributed by atoms with Crippen molar-refractivity contribution in [3.05, 3.63) is 70.4 Å². The van der Waals surface area contributed by atoms with Gasteiger partial charge in [0, 0.05) is 37.8 Å². The molecule has 0 unspecified atom stereocenters. The average molecular weight is 440 g/mol. The Morgan fingerprint density at radius 1 is 1.28 bits per heavy atom. The number of fused-ring (bicyclic) bond motifs is 1. The van der Waals surface area contributed by atoms with Crippen LogP contribution in [0.1, 0.15) is 10.4 Å². The Balaban J connectivity index is 1.94. The van der Waals surface area contributed by atoms with Crippen molar-refractivity contribution in [1.82, 2.24) is 29.9 Å². The van der Waals surface area contributed by atoms with Gasteiger partial charge in [-0.15, -0.1) is 0 Å². The Bertz CT molecular complexity index is 1380. The number of rotatable bonds is 6. The molecule has 0 fully saturated rings. The van der Waals surface area contributed by atoms with E-state index < -0.39 is 23.1 Å². The van der Waals surface area contributed by atoms with Gasteiger partial charge in [0.05, 0.1) is 24.7 Å². The predicted molar refractivity (Wildman–Crippen MR) is 111 cm³/mol. The normalized spacial score (nSPS) is 11.1. The molecule has 4 rings (SSSR count). The average Bonchev–Trinajstić information content (AvgIpc) is 3.22. The third-order valence-corrected chi connectivity index (χ3v) is 4.74. The van der Waals surface area contributed by atoms with Crippen LogP contribution in [0, 0.1) is 11.6 Å². The summed E-state index contributed by atoms with van der Waals surface area (Å²) >= 11 is 0. The molecule has 1 N–H and O–H groups in total. The molecule has 3 heterocycles. The van der Waals surface area contributed by atoms with E-state index in [9.17, 15) is 14.0 Å². The highest BCUT2D eigenvalue weighted by atomic mass is 19.1. The molecule has 0 aliphatic heterocycles. The number of hydrogen-bond donors (Lipinski definition) is 1.